The van der Waals surface area contributed by atoms with Crippen LogP contribution in [0.25, 0.3) is 0 Å². The molecule has 0 saturated carbocycles. The van der Waals surface area contributed by atoms with Gasteiger partial charge in [-0.15, -0.1) is 0 Å². The molecule has 0 bridgehead atoms. The molecule has 0 spiro atoms. The van der Waals surface area contributed by atoms with Gasteiger partial charge in [0, 0.05) is 6.54 Å². The van der Waals surface area contributed by atoms with Gasteiger partial charge in [0.1, 0.15) is 6.61 Å². The molecule has 1 saturated heterocycles. The summed E-state index contributed by atoms with van der Waals surface area (Å²) >= 11 is 0. The zero-order chi connectivity index (χ0) is 35.3. The number of alkyl carbamates (subject to hydrolysis) is 1. The van der Waals surface area contributed by atoms with Crippen LogP contribution in [0.2, 0.25) is 0 Å². The number of amides is 1. The van der Waals surface area contributed by atoms with E-state index in [0.29, 0.717) is 151 Å². The lowest BCUT2D eigenvalue weighted by Gasteiger charge is -2.22. The van der Waals surface area contributed by atoms with E-state index in [1.807, 2.05) is 30.3 Å². The number of carbonyl (C=O) groups is 1. The van der Waals surface area contributed by atoms with Gasteiger partial charge in [-0.2, -0.15) is 0 Å². The molecule has 1 aromatic carbocycles. The number of benzene rings is 1. The number of nitrogens with one attached hydrogen (secondary N) is 2. The van der Waals surface area contributed by atoms with Crippen molar-refractivity contribution in [3.8, 4) is 0 Å². The predicted molar refractivity (Wildman–Crippen MR) is 185 cm³/mol. The molecule has 1 fully saturated rings. The number of rotatable bonds is 36. The zero-order valence-electron chi connectivity index (χ0n) is 29.9. The molecule has 290 valence electrons. The zero-order valence-corrected chi connectivity index (χ0v) is 29.9. The molecule has 1 amide bonds. The minimum atomic E-state index is -0.468. The second-order valence-corrected chi connectivity index (χ2v) is 10.9. The molecule has 15 nitrogen and oxygen atoms in total. The van der Waals surface area contributed by atoms with Gasteiger partial charge in [-0.05, 0) is 31.5 Å². The summed E-state index contributed by atoms with van der Waals surface area (Å²) in [6, 6.07) is 9.51. The average molecular weight is 719 g/mol. The number of ether oxygens (including phenoxy) is 12. The quantitative estimate of drug-likeness (QED) is 0.0972. The highest BCUT2D eigenvalue weighted by atomic mass is 16.6. The summed E-state index contributed by atoms with van der Waals surface area (Å²) in [4.78, 5) is 11.6. The molecular formula is C35H62N2O13. The summed E-state index contributed by atoms with van der Waals surface area (Å²) < 4.78 is 65.8. The van der Waals surface area contributed by atoms with Crippen molar-refractivity contribution in [3.05, 3.63) is 35.9 Å². The third-order valence-electron chi connectivity index (χ3n) is 6.94. The Kier molecular flexibility index (Phi) is 31.3. The maximum atomic E-state index is 11.6. The molecule has 1 aliphatic heterocycles. The molecule has 1 aliphatic rings. The van der Waals surface area contributed by atoms with Gasteiger partial charge in [0.2, 0.25) is 0 Å². The maximum Gasteiger partial charge on any atom is 0.407 e. The van der Waals surface area contributed by atoms with Gasteiger partial charge >= 0.3 is 6.09 Å². The average Bonchev–Trinajstić information content (AvgIpc) is 3.15. The fraction of sp³-hybridized carbons (Fsp3) is 0.800. The highest BCUT2D eigenvalue weighted by molar-refractivity contribution is 5.67. The van der Waals surface area contributed by atoms with Crippen molar-refractivity contribution in [1.29, 1.82) is 0 Å². The minimum absolute atomic E-state index is 0.238. The van der Waals surface area contributed by atoms with Gasteiger partial charge in [-0.25, -0.2) is 4.79 Å². The molecule has 1 aromatic rings. The lowest BCUT2D eigenvalue weighted by molar-refractivity contribution is -0.0324. The Morgan fingerprint density at radius 3 is 1.28 bits per heavy atom. The fourth-order valence-corrected chi connectivity index (χ4v) is 4.32. The Hall–Kier alpha value is -1.99. The first-order valence-electron chi connectivity index (χ1n) is 17.9. The smallest absolute Gasteiger partial charge is 0.407 e. The van der Waals surface area contributed by atoms with Crippen LogP contribution in [-0.4, -0.2) is 171 Å². The third-order valence-corrected chi connectivity index (χ3v) is 6.94. The number of hydrogen-bond acceptors (Lipinski definition) is 14. The van der Waals surface area contributed by atoms with Crippen molar-refractivity contribution in [1.82, 2.24) is 10.6 Å². The van der Waals surface area contributed by atoms with Crippen molar-refractivity contribution in [3.63, 3.8) is 0 Å². The van der Waals surface area contributed by atoms with Crippen LogP contribution in [0.5, 0.6) is 0 Å². The van der Waals surface area contributed by atoms with Crippen LogP contribution >= 0.6 is 0 Å². The molecule has 0 aliphatic carbocycles. The van der Waals surface area contributed by atoms with E-state index in [9.17, 15) is 4.79 Å². The lowest BCUT2D eigenvalue weighted by Crippen LogP contribution is -2.33. The number of piperidine rings is 1. The Balaban J connectivity index is 1.13. The predicted octanol–water partition coefficient (Wildman–Crippen LogP) is 1.85. The van der Waals surface area contributed by atoms with Crippen LogP contribution in [0.1, 0.15) is 18.4 Å². The third kappa shape index (κ3) is 29.7. The maximum absolute atomic E-state index is 11.6. The Morgan fingerprint density at radius 1 is 0.520 bits per heavy atom. The topological polar surface area (TPSA) is 152 Å². The second kappa shape index (κ2) is 35.4. The highest BCUT2D eigenvalue weighted by Gasteiger charge is 2.12. The summed E-state index contributed by atoms with van der Waals surface area (Å²) in [6.07, 6.45) is 2.05. The number of carbonyl (C=O) groups excluding carboxylic acids is 1. The van der Waals surface area contributed by atoms with Crippen LogP contribution < -0.4 is 10.6 Å². The molecule has 15 heteroatoms. The summed E-state index contributed by atoms with van der Waals surface area (Å²) in [7, 11) is 0. The van der Waals surface area contributed by atoms with E-state index in [1.165, 1.54) is 0 Å². The summed E-state index contributed by atoms with van der Waals surface area (Å²) in [5.41, 5.74) is 0.938. The first-order valence-corrected chi connectivity index (χ1v) is 17.9. The standard InChI is InChI=1S/C35H62N2O13/c38-35(50-32-33-4-2-1-3-5-33)37-10-11-39-12-13-40-14-15-41-16-17-42-18-19-43-20-21-44-22-23-45-24-25-46-26-27-47-28-29-48-30-31-49-34-6-8-36-9-7-34/h1-5,34,36H,6-32H2,(H,37,38). The van der Waals surface area contributed by atoms with Crippen LogP contribution in [0.4, 0.5) is 4.79 Å². The molecule has 0 aromatic heterocycles. The van der Waals surface area contributed by atoms with Crippen LogP contribution in [-0.2, 0) is 63.4 Å². The number of hydrogen-bond donors (Lipinski definition) is 2. The van der Waals surface area contributed by atoms with E-state index < -0.39 is 6.09 Å². The first-order chi connectivity index (χ1) is 24.8. The summed E-state index contributed by atoms with van der Waals surface area (Å²) in [5.74, 6) is 0. The van der Waals surface area contributed by atoms with Crippen LogP contribution in [0.3, 0.4) is 0 Å². The van der Waals surface area contributed by atoms with Crippen molar-refractivity contribution in [2.45, 2.75) is 25.6 Å². The molecule has 50 heavy (non-hydrogen) atoms. The second-order valence-electron chi connectivity index (χ2n) is 10.9. The van der Waals surface area contributed by atoms with Gasteiger partial charge in [0.15, 0.2) is 0 Å². The molecule has 2 rings (SSSR count). The van der Waals surface area contributed by atoms with E-state index in [-0.39, 0.29) is 6.61 Å². The van der Waals surface area contributed by atoms with Crippen molar-refractivity contribution in [2.75, 3.05) is 158 Å². The van der Waals surface area contributed by atoms with Crippen LogP contribution in [0.15, 0.2) is 30.3 Å². The molecule has 0 atom stereocenters. The SMILES string of the molecule is O=C(NCCOCCOCCOCCOCCOCCOCCOCCOCCOCCOCCOC1CCNCC1)OCc1ccccc1. The van der Waals surface area contributed by atoms with Gasteiger partial charge in [-0.3, -0.25) is 0 Å². The summed E-state index contributed by atoms with van der Waals surface area (Å²) in [6.45, 7) is 13.3. The van der Waals surface area contributed by atoms with Crippen molar-refractivity contribution in [2.24, 2.45) is 0 Å². The minimum Gasteiger partial charge on any atom is -0.445 e. The van der Waals surface area contributed by atoms with Crippen molar-refractivity contribution < 1.29 is 61.6 Å². The lowest BCUT2D eigenvalue weighted by atomic mass is 10.1. The fourth-order valence-electron chi connectivity index (χ4n) is 4.32. The van der Waals surface area contributed by atoms with Gasteiger partial charge < -0.3 is 67.5 Å². The Bertz CT molecular complexity index is 853. The van der Waals surface area contributed by atoms with Gasteiger partial charge in [0.05, 0.1) is 145 Å². The first kappa shape index (κ1) is 44.2. The van der Waals surface area contributed by atoms with E-state index >= 15 is 0 Å². The van der Waals surface area contributed by atoms with E-state index in [4.69, 9.17) is 56.8 Å². The van der Waals surface area contributed by atoms with E-state index in [1.54, 1.807) is 0 Å². The molecule has 1 heterocycles. The van der Waals surface area contributed by atoms with E-state index in [2.05, 4.69) is 10.6 Å². The van der Waals surface area contributed by atoms with Gasteiger partial charge in [-0.1, -0.05) is 30.3 Å². The molecule has 0 radical (unpaired) electrons. The normalized spacial score (nSPS) is 13.5. The van der Waals surface area contributed by atoms with Crippen molar-refractivity contribution >= 4 is 6.09 Å². The Morgan fingerprint density at radius 2 is 0.880 bits per heavy atom. The summed E-state index contributed by atoms with van der Waals surface area (Å²) in [5, 5.41) is 5.97. The molecule has 2 N–H and O–H groups in total. The van der Waals surface area contributed by atoms with E-state index in [0.717, 1.165) is 31.5 Å². The largest absolute Gasteiger partial charge is 0.445 e. The highest BCUT2D eigenvalue weighted by Crippen LogP contribution is 2.06. The molecule has 0 unspecified atom stereocenters. The van der Waals surface area contributed by atoms with Crippen LogP contribution in [0, 0.1) is 0 Å². The monoisotopic (exact) mass is 718 g/mol. The Labute approximate surface area is 298 Å². The molecular weight excluding hydrogens is 656 g/mol. The van der Waals surface area contributed by atoms with Gasteiger partial charge in [0.25, 0.3) is 0 Å².